The number of ether oxygens (including phenoxy) is 1. The van der Waals surface area contributed by atoms with E-state index in [2.05, 4.69) is 20.3 Å². The first-order chi connectivity index (χ1) is 11.1. The van der Waals surface area contributed by atoms with Gasteiger partial charge in [-0.3, -0.25) is 9.78 Å². The number of hydrogen-bond acceptors (Lipinski definition) is 4. The molecule has 1 amide bonds. The van der Waals surface area contributed by atoms with Crippen molar-refractivity contribution in [3.05, 3.63) is 47.3 Å². The minimum absolute atomic E-state index is 0.00821. The van der Waals surface area contributed by atoms with Crippen molar-refractivity contribution in [3.63, 3.8) is 0 Å². The van der Waals surface area contributed by atoms with Crippen LogP contribution in [-0.2, 0) is 16.1 Å². The van der Waals surface area contributed by atoms with Crippen LogP contribution >= 0.6 is 0 Å². The number of nitrogens with zero attached hydrogens (tertiary/aromatic N) is 2. The second kappa shape index (κ2) is 6.91. The van der Waals surface area contributed by atoms with Gasteiger partial charge in [-0.15, -0.1) is 0 Å². The van der Waals surface area contributed by atoms with Crippen LogP contribution < -0.4 is 5.32 Å². The molecule has 0 bridgehead atoms. The third-order valence-corrected chi connectivity index (χ3v) is 4.30. The number of aromatic nitrogens is 3. The van der Waals surface area contributed by atoms with Crippen molar-refractivity contribution in [2.24, 2.45) is 5.92 Å². The van der Waals surface area contributed by atoms with E-state index in [-0.39, 0.29) is 17.9 Å². The van der Waals surface area contributed by atoms with E-state index in [4.69, 9.17) is 4.74 Å². The van der Waals surface area contributed by atoms with Crippen LogP contribution in [0.5, 0.6) is 0 Å². The standard InChI is InChI=1S/C17H22N4O2/c1-11-5-6-13(21-12(11)2)10-20-17(22)14-4-3-9-23-15(14)16-18-7-8-19-16/h5-8,14-15H,3-4,9-10H2,1-2H3,(H,18,19)(H,20,22)/t14-,15-/m1/s1. The van der Waals surface area contributed by atoms with Gasteiger partial charge < -0.3 is 15.0 Å². The van der Waals surface area contributed by atoms with Crippen molar-refractivity contribution in [2.45, 2.75) is 39.3 Å². The number of amides is 1. The average Bonchev–Trinajstić information content (AvgIpc) is 3.10. The SMILES string of the molecule is Cc1ccc(CNC(=O)[C@@H]2CCCO[C@H]2c2ncc[nH]2)nc1C. The van der Waals surface area contributed by atoms with Crippen molar-refractivity contribution in [3.8, 4) is 0 Å². The first-order valence-corrected chi connectivity index (χ1v) is 7.97. The first-order valence-electron chi connectivity index (χ1n) is 7.97. The summed E-state index contributed by atoms with van der Waals surface area (Å²) in [6.07, 6.45) is 4.82. The van der Waals surface area contributed by atoms with E-state index < -0.39 is 0 Å². The fourth-order valence-electron chi connectivity index (χ4n) is 2.84. The van der Waals surface area contributed by atoms with Gasteiger partial charge in [0.25, 0.3) is 0 Å². The summed E-state index contributed by atoms with van der Waals surface area (Å²) in [6, 6.07) is 3.98. The van der Waals surface area contributed by atoms with Crippen molar-refractivity contribution in [1.29, 1.82) is 0 Å². The van der Waals surface area contributed by atoms with Gasteiger partial charge in [0, 0.05) is 24.7 Å². The molecule has 0 unspecified atom stereocenters. The molecule has 6 nitrogen and oxygen atoms in total. The highest BCUT2D eigenvalue weighted by molar-refractivity contribution is 5.79. The molecule has 0 aromatic carbocycles. The van der Waals surface area contributed by atoms with Gasteiger partial charge in [-0.05, 0) is 38.3 Å². The molecule has 23 heavy (non-hydrogen) atoms. The number of rotatable bonds is 4. The normalized spacial score (nSPS) is 21.1. The van der Waals surface area contributed by atoms with E-state index in [1.165, 1.54) is 0 Å². The maximum Gasteiger partial charge on any atom is 0.226 e. The summed E-state index contributed by atoms with van der Waals surface area (Å²) in [4.78, 5) is 24.4. The van der Waals surface area contributed by atoms with E-state index in [1.807, 2.05) is 26.0 Å². The highest BCUT2D eigenvalue weighted by atomic mass is 16.5. The number of aromatic amines is 1. The summed E-state index contributed by atoms with van der Waals surface area (Å²) in [5.74, 6) is 0.488. The Morgan fingerprint density at radius 1 is 1.43 bits per heavy atom. The number of carbonyl (C=O) groups excluding carboxylic acids is 1. The first kappa shape index (κ1) is 15.7. The number of nitrogens with one attached hydrogen (secondary N) is 2. The van der Waals surface area contributed by atoms with Crippen LogP contribution in [0.2, 0.25) is 0 Å². The Labute approximate surface area is 135 Å². The minimum Gasteiger partial charge on any atom is -0.369 e. The molecule has 2 aromatic heterocycles. The summed E-state index contributed by atoms with van der Waals surface area (Å²) < 4.78 is 5.77. The van der Waals surface area contributed by atoms with Gasteiger partial charge in [0.15, 0.2) is 0 Å². The van der Waals surface area contributed by atoms with Gasteiger partial charge >= 0.3 is 0 Å². The lowest BCUT2D eigenvalue weighted by molar-refractivity contribution is -0.135. The van der Waals surface area contributed by atoms with E-state index in [9.17, 15) is 4.79 Å². The fourth-order valence-corrected chi connectivity index (χ4v) is 2.84. The van der Waals surface area contributed by atoms with Gasteiger partial charge in [-0.1, -0.05) is 6.07 Å². The number of carbonyl (C=O) groups is 1. The van der Waals surface area contributed by atoms with Crippen LogP contribution in [0, 0.1) is 19.8 Å². The summed E-state index contributed by atoms with van der Waals surface area (Å²) in [5.41, 5.74) is 3.01. The maximum absolute atomic E-state index is 12.6. The lowest BCUT2D eigenvalue weighted by Crippen LogP contribution is -2.37. The van der Waals surface area contributed by atoms with Crippen LogP contribution in [0.4, 0.5) is 0 Å². The molecule has 1 saturated heterocycles. The molecule has 1 fully saturated rings. The predicted octanol–water partition coefficient (Wildman–Crippen LogP) is 2.21. The molecule has 2 atom stereocenters. The second-order valence-electron chi connectivity index (χ2n) is 5.94. The zero-order valence-electron chi connectivity index (χ0n) is 13.5. The van der Waals surface area contributed by atoms with Crippen LogP contribution in [-0.4, -0.2) is 27.5 Å². The number of H-pyrrole nitrogens is 1. The van der Waals surface area contributed by atoms with Gasteiger partial charge in [0.2, 0.25) is 5.91 Å². The van der Waals surface area contributed by atoms with Crippen LogP contribution in [0.3, 0.4) is 0 Å². The monoisotopic (exact) mass is 314 g/mol. The smallest absolute Gasteiger partial charge is 0.226 e. The van der Waals surface area contributed by atoms with Crippen molar-refractivity contribution in [2.75, 3.05) is 6.61 Å². The Hall–Kier alpha value is -2.21. The topological polar surface area (TPSA) is 79.9 Å². The highest BCUT2D eigenvalue weighted by Crippen LogP contribution is 2.31. The Bertz CT molecular complexity index is 669. The van der Waals surface area contributed by atoms with Gasteiger partial charge in [0.05, 0.1) is 18.2 Å². The maximum atomic E-state index is 12.6. The molecular weight excluding hydrogens is 292 g/mol. The molecule has 2 aromatic rings. The van der Waals surface area contributed by atoms with Crippen molar-refractivity contribution < 1.29 is 9.53 Å². The van der Waals surface area contributed by atoms with E-state index in [0.29, 0.717) is 19.0 Å². The van der Waals surface area contributed by atoms with Crippen molar-refractivity contribution >= 4 is 5.91 Å². The Balaban J connectivity index is 1.65. The molecule has 1 aliphatic rings. The summed E-state index contributed by atoms with van der Waals surface area (Å²) >= 11 is 0. The van der Waals surface area contributed by atoms with Crippen LogP contribution in [0.15, 0.2) is 24.5 Å². The molecule has 6 heteroatoms. The zero-order valence-corrected chi connectivity index (χ0v) is 13.5. The molecule has 0 aliphatic carbocycles. The lowest BCUT2D eigenvalue weighted by Gasteiger charge is -2.29. The van der Waals surface area contributed by atoms with E-state index in [0.717, 1.165) is 29.8 Å². The molecule has 0 saturated carbocycles. The molecule has 3 heterocycles. The lowest BCUT2D eigenvalue weighted by atomic mass is 9.93. The van der Waals surface area contributed by atoms with Crippen molar-refractivity contribution in [1.82, 2.24) is 20.3 Å². The second-order valence-corrected chi connectivity index (χ2v) is 5.94. The average molecular weight is 314 g/mol. The molecule has 2 N–H and O–H groups in total. The third-order valence-electron chi connectivity index (χ3n) is 4.30. The van der Waals surface area contributed by atoms with Gasteiger partial charge in [-0.2, -0.15) is 0 Å². The van der Waals surface area contributed by atoms with Gasteiger partial charge in [0.1, 0.15) is 11.9 Å². The minimum atomic E-state index is -0.300. The zero-order chi connectivity index (χ0) is 16.2. The molecule has 122 valence electrons. The molecule has 1 aliphatic heterocycles. The summed E-state index contributed by atoms with van der Waals surface area (Å²) in [5, 5.41) is 2.98. The Kier molecular flexibility index (Phi) is 4.71. The number of hydrogen-bond donors (Lipinski definition) is 2. The quantitative estimate of drug-likeness (QED) is 0.906. The molecule has 0 spiro atoms. The fraction of sp³-hybridized carbons (Fsp3) is 0.471. The molecule has 3 rings (SSSR count). The Morgan fingerprint density at radius 2 is 2.30 bits per heavy atom. The predicted molar refractivity (Wildman–Crippen MR) is 85.6 cm³/mol. The van der Waals surface area contributed by atoms with Crippen LogP contribution in [0.25, 0.3) is 0 Å². The number of imidazole rings is 1. The molecule has 0 radical (unpaired) electrons. The number of pyridine rings is 1. The largest absolute Gasteiger partial charge is 0.369 e. The van der Waals surface area contributed by atoms with E-state index in [1.54, 1.807) is 12.4 Å². The van der Waals surface area contributed by atoms with Crippen LogP contribution in [0.1, 0.15) is 41.7 Å². The van der Waals surface area contributed by atoms with E-state index >= 15 is 0 Å². The Morgan fingerprint density at radius 3 is 3.04 bits per heavy atom. The number of aryl methyl sites for hydroxylation is 2. The van der Waals surface area contributed by atoms with Gasteiger partial charge in [-0.25, -0.2) is 4.98 Å². The summed E-state index contributed by atoms with van der Waals surface area (Å²) in [7, 11) is 0. The molecular formula is C17H22N4O2. The summed E-state index contributed by atoms with van der Waals surface area (Å²) in [6.45, 7) is 5.09. The third kappa shape index (κ3) is 3.59. The highest BCUT2D eigenvalue weighted by Gasteiger charge is 2.34.